The number of hydrogen-bond donors (Lipinski definition) is 1. The number of nitrogens with zero attached hydrogens (tertiary/aromatic N) is 2. The van der Waals surface area contributed by atoms with Crippen LogP contribution in [0, 0.1) is 5.82 Å². The van der Waals surface area contributed by atoms with E-state index in [0.29, 0.717) is 0 Å². The Morgan fingerprint density at radius 1 is 0.841 bits per heavy atom. The molecular formula is C34H35ClFN3O4S. The third-order valence-corrected chi connectivity index (χ3v) is 8.89. The van der Waals surface area contributed by atoms with Gasteiger partial charge in [0, 0.05) is 24.1 Å². The van der Waals surface area contributed by atoms with Crippen molar-refractivity contribution in [2.75, 3.05) is 10.8 Å². The van der Waals surface area contributed by atoms with Gasteiger partial charge >= 0.3 is 0 Å². The minimum absolute atomic E-state index is 0.0420. The number of carbonyl (C=O) groups excluding carboxylic acids is 2. The predicted octanol–water partition coefficient (Wildman–Crippen LogP) is 6.23. The minimum atomic E-state index is -4.29. The second-order valence-corrected chi connectivity index (χ2v) is 13.6. The molecule has 4 aromatic carbocycles. The lowest BCUT2D eigenvalue weighted by Gasteiger charge is -2.35. The van der Waals surface area contributed by atoms with Crippen LogP contribution in [0.2, 0.25) is 5.02 Å². The van der Waals surface area contributed by atoms with E-state index in [0.717, 1.165) is 9.87 Å². The maximum Gasteiger partial charge on any atom is 0.264 e. The molecule has 4 aromatic rings. The summed E-state index contributed by atoms with van der Waals surface area (Å²) in [5.41, 5.74) is 0.403. The second-order valence-electron chi connectivity index (χ2n) is 11.3. The minimum Gasteiger partial charge on any atom is -0.350 e. The number of halogens is 2. The number of amides is 2. The Balaban J connectivity index is 1.83. The van der Waals surface area contributed by atoms with Crippen LogP contribution >= 0.6 is 11.6 Å². The van der Waals surface area contributed by atoms with Gasteiger partial charge in [-0.2, -0.15) is 0 Å². The molecule has 0 saturated heterocycles. The lowest BCUT2D eigenvalue weighted by molar-refractivity contribution is -0.140. The first-order valence-electron chi connectivity index (χ1n) is 14.1. The molecule has 2 amide bonds. The van der Waals surface area contributed by atoms with Gasteiger partial charge in [0.2, 0.25) is 11.8 Å². The van der Waals surface area contributed by atoms with Crippen LogP contribution in [0.5, 0.6) is 0 Å². The maximum atomic E-state index is 15.0. The van der Waals surface area contributed by atoms with Gasteiger partial charge in [0.15, 0.2) is 0 Å². The number of sulfonamides is 1. The molecule has 10 heteroatoms. The van der Waals surface area contributed by atoms with Crippen LogP contribution in [0.1, 0.15) is 31.9 Å². The zero-order valence-corrected chi connectivity index (χ0v) is 26.4. The van der Waals surface area contributed by atoms with E-state index in [1.165, 1.54) is 47.4 Å². The van der Waals surface area contributed by atoms with Gasteiger partial charge in [-0.3, -0.25) is 13.9 Å². The Morgan fingerprint density at radius 3 is 2.02 bits per heavy atom. The van der Waals surface area contributed by atoms with Crippen molar-refractivity contribution in [3.63, 3.8) is 0 Å². The van der Waals surface area contributed by atoms with Crippen LogP contribution in [-0.2, 0) is 32.6 Å². The van der Waals surface area contributed by atoms with Crippen molar-refractivity contribution in [3.8, 4) is 0 Å². The normalized spacial score (nSPS) is 12.3. The number of carbonyl (C=O) groups is 2. The van der Waals surface area contributed by atoms with Crippen molar-refractivity contribution in [3.05, 3.63) is 131 Å². The average molecular weight is 636 g/mol. The van der Waals surface area contributed by atoms with Crippen molar-refractivity contribution in [1.29, 1.82) is 0 Å². The number of para-hydroxylation sites is 1. The van der Waals surface area contributed by atoms with Gasteiger partial charge in [-0.15, -0.1) is 0 Å². The molecule has 0 spiro atoms. The first kappa shape index (κ1) is 32.7. The number of rotatable bonds is 11. The van der Waals surface area contributed by atoms with E-state index in [-0.39, 0.29) is 34.1 Å². The SMILES string of the molecule is CC(C)(C)NC(=O)[C@H](Cc1ccccc1)N(Cc1ccccc1F)C(=O)CN(c1ccccc1Cl)S(=O)(=O)c1ccccc1. The molecule has 1 N–H and O–H groups in total. The van der Waals surface area contributed by atoms with Gasteiger partial charge in [0.05, 0.1) is 15.6 Å². The van der Waals surface area contributed by atoms with Crippen molar-refractivity contribution >= 4 is 39.1 Å². The molecule has 7 nitrogen and oxygen atoms in total. The summed E-state index contributed by atoms with van der Waals surface area (Å²) in [4.78, 5) is 29.5. The first-order chi connectivity index (χ1) is 20.9. The Labute approximate surface area is 263 Å². The molecule has 0 heterocycles. The van der Waals surface area contributed by atoms with Gasteiger partial charge in [0.1, 0.15) is 18.4 Å². The summed E-state index contributed by atoms with van der Waals surface area (Å²) < 4.78 is 43.9. The Bertz CT molecular complexity index is 1700. The van der Waals surface area contributed by atoms with Crippen LogP contribution in [0.15, 0.2) is 114 Å². The molecule has 0 aromatic heterocycles. The third kappa shape index (κ3) is 8.24. The van der Waals surface area contributed by atoms with E-state index >= 15 is 4.39 Å². The number of nitrogens with one attached hydrogen (secondary N) is 1. The summed E-state index contributed by atoms with van der Waals surface area (Å²) in [7, 11) is -4.29. The van der Waals surface area contributed by atoms with E-state index in [4.69, 9.17) is 11.6 Å². The van der Waals surface area contributed by atoms with Crippen LogP contribution in [0.4, 0.5) is 10.1 Å². The van der Waals surface area contributed by atoms with Gasteiger partial charge in [0.25, 0.3) is 10.0 Å². The molecule has 4 rings (SSSR count). The fraction of sp³-hybridized carbons (Fsp3) is 0.235. The summed E-state index contributed by atoms with van der Waals surface area (Å²) in [6.07, 6.45) is 0.112. The van der Waals surface area contributed by atoms with Crippen molar-refractivity contribution in [2.24, 2.45) is 0 Å². The Morgan fingerprint density at radius 2 is 1.41 bits per heavy atom. The highest BCUT2D eigenvalue weighted by atomic mass is 35.5. The summed E-state index contributed by atoms with van der Waals surface area (Å²) >= 11 is 6.47. The van der Waals surface area contributed by atoms with Crippen molar-refractivity contribution < 1.29 is 22.4 Å². The summed E-state index contributed by atoms with van der Waals surface area (Å²) in [6.45, 7) is 4.49. The van der Waals surface area contributed by atoms with Crippen molar-refractivity contribution in [1.82, 2.24) is 10.2 Å². The molecule has 0 fully saturated rings. The van der Waals surface area contributed by atoms with E-state index < -0.39 is 45.8 Å². The molecule has 0 radical (unpaired) electrons. The van der Waals surface area contributed by atoms with Gasteiger partial charge < -0.3 is 10.2 Å². The van der Waals surface area contributed by atoms with Gasteiger partial charge in [-0.05, 0) is 56.7 Å². The fourth-order valence-electron chi connectivity index (χ4n) is 4.70. The smallest absolute Gasteiger partial charge is 0.264 e. The number of benzene rings is 4. The molecule has 0 aliphatic carbocycles. The average Bonchev–Trinajstić information content (AvgIpc) is 2.99. The Kier molecular flexibility index (Phi) is 10.4. The van der Waals surface area contributed by atoms with E-state index in [1.54, 1.807) is 36.4 Å². The highest BCUT2D eigenvalue weighted by Gasteiger charge is 2.36. The fourth-order valence-corrected chi connectivity index (χ4v) is 6.45. The third-order valence-electron chi connectivity index (χ3n) is 6.80. The lowest BCUT2D eigenvalue weighted by atomic mass is 10.0. The van der Waals surface area contributed by atoms with Crippen LogP contribution in [0.3, 0.4) is 0 Å². The van der Waals surface area contributed by atoms with Gasteiger partial charge in [-0.1, -0.05) is 90.5 Å². The Hall–Kier alpha value is -4.21. The zero-order chi connectivity index (χ0) is 31.9. The highest BCUT2D eigenvalue weighted by Crippen LogP contribution is 2.31. The van der Waals surface area contributed by atoms with E-state index in [2.05, 4.69) is 5.32 Å². The topological polar surface area (TPSA) is 86.8 Å². The molecule has 0 aliphatic heterocycles. The molecule has 230 valence electrons. The quantitative estimate of drug-likeness (QED) is 0.212. The molecule has 0 unspecified atom stereocenters. The zero-order valence-electron chi connectivity index (χ0n) is 24.8. The van der Waals surface area contributed by atoms with E-state index in [9.17, 15) is 18.0 Å². The molecule has 0 bridgehead atoms. The predicted molar refractivity (Wildman–Crippen MR) is 171 cm³/mol. The molecule has 0 aliphatic rings. The highest BCUT2D eigenvalue weighted by molar-refractivity contribution is 7.92. The van der Waals surface area contributed by atoms with Gasteiger partial charge in [-0.25, -0.2) is 12.8 Å². The molecule has 44 heavy (non-hydrogen) atoms. The summed E-state index contributed by atoms with van der Waals surface area (Å²) in [5, 5.41) is 3.06. The second kappa shape index (κ2) is 14.1. The van der Waals surface area contributed by atoms with Crippen LogP contribution in [-0.4, -0.2) is 43.3 Å². The standard InChI is InChI=1S/C34H35ClFN3O4S/c1-34(2,3)37-33(41)31(22-25-14-6-4-7-15-25)38(23-26-16-10-12-20-29(26)36)32(40)24-39(30-21-13-11-19-28(30)35)44(42,43)27-17-8-5-9-18-27/h4-21,31H,22-24H2,1-3H3,(H,37,41)/t31-/m0/s1. The maximum absolute atomic E-state index is 15.0. The number of hydrogen-bond acceptors (Lipinski definition) is 4. The van der Waals surface area contributed by atoms with E-state index in [1.807, 2.05) is 51.1 Å². The summed E-state index contributed by atoms with van der Waals surface area (Å²) in [6, 6.07) is 28.0. The van der Waals surface area contributed by atoms with Crippen LogP contribution in [0.25, 0.3) is 0 Å². The largest absolute Gasteiger partial charge is 0.350 e. The molecule has 1 atom stereocenters. The molecular weight excluding hydrogens is 601 g/mol. The first-order valence-corrected chi connectivity index (χ1v) is 15.9. The number of anilines is 1. The lowest BCUT2D eigenvalue weighted by Crippen LogP contribution is -2.56. The molecule has 0 saturated carbocycles. The monoisotopic (exact) mass is 635 g/mol. The summed E-state index contributed by atoms with van der Waals surface area (Å²) in [5.74, 6) is -1.72. The van der Waals surface area contributed by atoms with Crippen LogP contribution < -0.4 is 9.62 Å². The van der Waals surface area contributed by atoms with Crippen molar-refractivity contribution in [2.45, 2.75) is 50.2 Å².